The number of halogens is 2. The van der Waals surface area contributed by atoms with Crippen LogP contribution < -0.4 is 14.8 Å². The minimum absolute atomic E-state index is 0.0410. The van der Waals surface area contributed by atoms with Crippen LogP contribution in [0.15, 0.2) is 78.0 Å². The maximum Gasteiger partial charge on any atom is 0.329 e. The summed E-state index contributed by atoms with van der Waals surface area (Å²) in [5.74, 6) is -0.405. The lowest BCUT2D eigenvalue weighted by Gasteiger charge is -2.21. The van der Waals surface area contributed by atoms with Crippen molar-refractivity contribution in [2.45, 2.75) is 30.7 Å². The van der Waals surface area contributed by atoms with Gasteiger partial charge in [0.25, 0.3) is 10.0 Å². The first-order valence-corrected chi connectivity index (χ1v) is 13.3. The van der Waals surface area contributed by atoms with Crippen molar-refractivity contribution in [3.8, 4) is 11.4 Å². The summed E-state index contributed by atoms with van der Waals surface area (Å²) in [5, 5.41) is 2.63. The predicted octanol–water partition coefficient (Wildman–Crippen LogP) is 4.37. The number of ether oxygens (including phenoxy) is 1. The second kappa shape index (κ2) is 10.3. The Bertz CT molecular complexity index is 1600. The van der Waals surface area contributed by atoms with Crippen molar-refractivity contribution in [3.63, 3.8) is 0 Å². The summed E-state index contributed by atoms with van der Waals surface area (Å²) in [6.07, 6.45) is 3.91. The van der Waals surface area contributed by atoms with E-state index in [0.717, 1.165) is 41.6 Å². The van der Waals surface area contributed by atoms with Gasteiger partial charge in [-0.3, -0.25) is 0 Å². The summed E-state index contributed by atoms with van der Waals surface area (Å²) in [6, 6.07) is 13.0. The fraction of sp³-hybridized carbons (Fsp3) is 0.185. The number of nitrogens with one attached hydrogen (secondary N) is 2. The van der Waals surface area contributed by atoms with Gasteiger partial charge in [0.15, 0.2) is 0 Å². The molecule has 0 saturated heterocycles. The summed E-state index contributed by atoms with van der Waals surface area (Å²) in [6.45, 7) is 2.20. The molecular weight excluding hydrogens is 514 g/mol. The first-order valence-electron chi connectivity index (χ1n) is 11.8. The zero-order valence-electron chi connectivity index (χ0n) is 20.3. The largest absolute Gasteiger partial charge is 0.493 e. The smallest absolute Gasteiger partial charge is 0.329 e. The van der Waals surface area contributed by atoms with Crippen molar-refractivity contribution in [1.82, 2.24) is 19.6 Å². The molecule has 0 saturated carbocycles. The molecule has 1 aliphatic rings. The minimum atomic E-state index is -4.18. The number of amides is 2. The lowest BCUT2D eigenvalue weighted by molar-refractivity contribution is 0.241. The van der Waals surface area contributed by atoms with Crippen LogP contribution >= 0.6 is 0 Å². The Kier molecular flexibility index (Phi) is 6.85. The average Bonchev–Trinajstić information content (AvgIpc) is 3.52. The molecule has 1 atom stereocenters. The van der Waals surface area contributed by atoms with Crippen LogP contribution in [-0.2, 0) is 22.9 Å². The first-order chi connectivity index (χ1) is 18.2. The molecule has 0 spiro atoms. The number of fused-ring (bicyclic) bond motifs is 1. The molecule has 1 aromatic heterocycles. The third kappa shape index (κ3) is 5.37. The number of hydrogen-bond donors (Lipinski definition) is 2. The molecule has 0 aliphatic carbocycles. The molecular formula is C27H24F2N4O4S. The number of carbonyl (C=O) groups is 1. The zero-order valence-corrected chi connectivity index (χ0v) is 21.1. The van der Waals surface area contributed by atoms with Crippen LogP contribution in [0.2, 0.25) is 0 Å². The van der Waals surface area contributed by atoms with Crippen LogP contribution in [0, 0.1) is 18.6 Å². The monoisotopic (exact) mass is 538 g/mol. The molecule has 2 heterocycles. The standard InChI is InChI=1S/C27H24F2N4O4S/c1-17-4-2-3-5-25(17)38(35,36)32-27(34)31-23(14-18-12-20(28)16-21(29)13-18)26-30-9-10-33(26)22-6-7-24-19(15-22)8-11-37-24/h2-7,9-10,12-13,15-16,23H,8,11,14H2,1H3,(H2,31,32,34)/t23-/m0/s1. The van der Waals surface area contributed by atoms with Gasteiger partial charge in [-0.2, -0.15) is 0 Å². The van der Waals surface area contributed by atoms with E-state index in [1.165, 1.54) is 12.3 Å². The predicted molar refractivity (Wildman–Crippen MR) is 136 cm³/mol. The Balaban J connectivity index is 1.47. The van der Waals surface area contributed by atoms with E-state index in [9.17, 15) is 22.0 Å². The van der Waals surface area contributed by atoms with Gasteiger partial charge < -0.3 is 14.6 Å². The van der Waals surface area contributed by atoms with Crippen molar-refractivity contribution < 1.29 is 26.7 Å². The number of nitrogens with zero attached hydrogens (tertiary/aromatic N) is 2. The zero-order chi connectivity index (χ0) is 26.9. The summed E-state index contributed by atoms with van der Waals surface area (Å²) in [4.78, 5) is 17.3. The van der Waals surface area contributed by atoms with Crippen molar-refractivity contribution in [2.75, 3.05) is 6.61 Å². The van der Waals surface area contributed by atoms with E-state index < -0.39 is 33.7 Å². The van der Waals surface area contributed by atoms with Gasteiger partial charge in [0, 0.05) is 37.0 Å². The quantitative estimate of drug-likeness (QED) is 0.364. The van der Waals surface area contributed by atoms with E-state index in [4.69, 9.17) is 4.74 Å². The molecule has 0 bridgehead atoms. The molecule has 0 unspecified atom stereocenters. The summed E-state index contributed by atoms with van der Waals surface area (Å²) < 4.78 is 63.0. The van der Waals surface area contributed by atoms with Gasteiger partial charge in [0.1, 0.15) is 23.2 Å². The lowest BCUT2D eigenvalue weighted by atomic mass is 10.0. The highest BCUT2D eigenvalue weighted by molar-refractivity contribution is 7.90. The number of imidazole rings is 1. The number of benzene rings is 3. The molecule has 38 heavy (non-hydrogen) atoms. The second-order valence-electron chi connectivity index (χ2n) is 8.92. The van der Waals surface area contributed by atoms with E-state index in [-0.39, 0.29) is 16.9 Å². The van der Waals surface area contributed by atoms with Crippen molar-refractivity contribution in [1.29, 1.82) is 0 Å². The fourth-order valence-corrected chi connectivity index (χ4v) is 5.67. The molecule has 1 aliphatic heterocycles. The minimum Gasteiger partial charge on any atom is -0.493 e. The second-order valence-corrected chi connectivity index (χ2v) is 10.6. The van der Waals surface area contributed by atoms with Crippen molar-refractivity contribution >= 4 is 16.1 Å². The van der Waals surface area contributed by atoms with Gasteiger partial charge in [-0.25, -0.2) is 31.7 Å². The summed E-state index contributed by atoms with van der Waals surface area (Å²) in [7, 11) is -4.18. The lowest BCUT2D eigenvalue weighted by Crippen LogP contribution is -2.42. The van der Waals surface area contributed by atoms with Gasteiger partial charge >= 0.3 is 6.03 Å². The van der Waals surface area contributed by atoms with Crippen LogP contribution in [0.5, 0.6) is 5.75 Å². The Labute approximate surface area is 218 Å². The van der Waals surface area contributed by atoms with Gasteiger partial charge in [0.05, 0.1) is 17.5 Å². The number of hydrogen-bond acceptors (Lipinski definition) is 5. The van der Waals surface area contributed by atoms with E-state index in [0.29, 0.717) is 18.0 Å². The highest BCUT2D eigenvalue weighted by Gasteiger charge is 2.26. The third-order valence-corrected chi connectivity index (χ3v) is 7.70. The van der Waals surface area contributed by atoms with E-state index in [1.807, 2.05) is 22.9 Å². The van der Waals surface area contributed by atoms with Crippen LogP contribution in [0.3, 0.4) is 0 Å². The van der Waals surface area contributed by atoms with E-state index >= 15 is 0 Å². The maximum atomic E-state index is 14.0. The molecule has 3 aromatic carbocycles. The SMILES string of the molecule is Cc1ccccc1S(=O)(=O)NC(=O)N[C@@H](Cc1cc(F)cc(F)c1)c1nccn1-c1ccc2c(c1)CCO2. The Morgan fingerprint density at radius 2 is 1.87 bits per heavy atom. The Morgan fingerprint density at radius 1 is 1.11 bits per heavy atom. The van der Waals surface area contributed by atoms with Gasteiger partial charge in [-0.1, -0.05) is 18.2 Å². The van der Waals surface area contributed by atoms with Crippen LogP contribution in [0.4, 0.5) is 13.6 Å². The van der Waals surface area contributed by atoms with E-state index in [2.05, 4.69) is 10.3 Å². The molecule has 196 valence electrons. The van der Waals surface area contributed by atoms with Crippen molar-refractivity contribution in [3.05, 3.63) is 107 Å². The number of sulfonamides is 1. The molecule has 2 N–H and O–H groups in total. The number of aromatic nitrogens is 2. The number of carbonyl (C=O) groups excluding carboxylic acids is 1. The van der Waals surface area contributed by atoms with Crippen LogP contribution in [0.25, 0.3) is 5.69 Å². The maximum absolute atomic E-state index is 14.0. The molecule has 2 amide bonds. The fourth-order valence-electron chi connectivity index (χ4n) is 4.51. The summed E-state index contributed by atoms with van der Waals surface area (Å²) >= 11 is 0. The molecule has 11 heteroatoms. The van der Waals surface area contributed by atoms with Crippen LogP contribution in [0.1, 0.15) is 28.6 Å². The van der Waals surface area contributed by atoms with E-state index in [1.54, 1.807) is 35.9 Å². The van der Waals surface area contributed by atoms with Gasteiger partial charge in [-0.15, -0.1) is 0 Å². The van der Waals surface area contributed by atoms with Crippen molar-refractivity contribution in [2.24, 2.45) is 0 Å². The van der Waals surface area contributed by atoms with Gasteiger partial charge in [0.2, 0.25) is 0 Å². The highest BCUT2D eigenvalue weighted by atomic mass is 32.2. The number of urea groups is 1. The number of rotatable bonds is 7. The topological polar surface area (TPSA) is 102 Å². The normalized spacial score (nSPS) is 13.4. The van der Waals surface area contributed by atoms with Crippen LogP contribution in [-0.4, -0.2) is 30.6 Å². The number of aryl methyl sites for hydroxylation is 1. The Morgan fingerprint density at radius 3 is 2.63 bits per heavy atom. The molecule has 8 nitrogen and oxygen atoms in total. The molecule has 5 rings (SSSR count). The molecule has 0 fully saturated rings. The highest BCUT2D eigenvalue weighted by Crippen LogP contribution is 2.29. The first kappa shape index (κ1) is 25.4. The molecule has 4 aromatic rings. The average molecular weight is 539 g/mol. The molecule has 0 radical (unpaired) electrons. The summed E-state index contributed by atoms with van der Waals surface area (Å²) in [5.41, 5.74) is 2.48. The Hall–Kier alpha value is -4.25. The van der Waals surface area contributed by atoms with Gasteiger partial charge in [-0.05, 0) is 60.0 Å². The third-order valence-electron chi connectivity index (χ3n) is 6.21.